The number of primary amides is 1. The summed E-state index contributed by atoms with van der Waals surface area (Å²) in [5, 5.41) is 1.99. The largest absolute Gasteiger partial charge is 0.457 e. The maximum absolute atomic E-state index is 10.8. The van der Waals surface area contributed by atoms with Gasteiger partial charge >= 0.3 is 12.0 Å². The van der Waals surface area contributed by atoms with Crippen LogP contribution in [0.4, 0.5) is 4.79 Å². The van der Waals surface area contributed by atoms with E-state index in [-0.39, 0.29) is 12.3 Å². The van der Waals surface area contributed by atoms with E-state index >= 15 is 0 Å². The van der Waals surface area contributed by atoms with Crippen molar-refractivity contribution < 1.29 is 14.3 Å². The maximum atomic E-state index is 10.8. The number of rotatable bonds is 4. The van der Waals surface area contributed by atoms with Gasteiger partial charge in [-0.15, -0.1) is 0 Å². The van der Waals surface area contributed by atoms with Crippen LogP contribution in [-0.2, 0) is 9.53 Å². The fraction of sp³-hybridized carbons (Fsp3) is 0.143. The molecule has 0 radical (unpaired) electrons. The summed E-state index contributed by atoms with van der Waals surface area (Å²) in [5.74, 6) is -0.728. The topological polar surface area (TPSA) is 81.4 Å². The molecule has 66 valence electrons. The molecule has 0 rings (SSSR count). The van der Waals surface area contributed by atoms with Gasteiger partial charge in [-0.2, -0.15) is 0 Å². The van der Waals surface area contributed by atoms with Gasteiger partial charge in [-0.1, -0.05) is 19.2 Å². The first-order valence-corrected chi connectivity index (χ1v) is 3.11. The molecule has 3 N–H and O–H groups in total. The minimum absolute atomic E-state index is 0.0678. The number of carbonyl (C=O) groups is 2. The molecule has 0 heterocycles. The van der Waals surface area contributed by atoms with Gasteiger partial charge in [0.15, 0.2) is 0 Å². The van der Waals surface area contributed by atoms with E-state index in [0.717, 1.165) is 0 Å². The third-order valence-corrected chi connectivity index (χ3v) is 0.853. The molecule has 0 atom stereocenters. The maximum Gasteiger partial charge on any atom is 0.354 e. The third-order valence-electron chi connectivity index (χ3n) is 0.853. The predicted octanol–water partition coefficient (Wildman–Crippen LogP) is -0.102. The molecule has 0 saturated carbocycles. The monoisotopic (exact) mass is 170 g/mol. The SMILES string of the molecule is C=CCOC(=O)C(=C)NC(N)=O. The number of nitrogens with one attached hydrogen (secondary N) is 1. The van der Waals surface area contributed by atoms with Crippen molar-refractivity contribution in [1.82, 2.24) is 5.32 Å². The summed E-state index contributed by atoms with van der Waals surface area (Å²) in [6, 6.07) is -0.851. The average molecular weight is 170 g/mol. The van der Waals surface area contributed by atoms with E-state index in [0.29, 0.717) is 0 Å². The van der Waals surface area contributed by atoms with Gasteiger partial charge in [-0.05, 0) is 0 Å². The van der Waals surface area contributed by atoms with Crippen molar-refractivity contribution in [3.8, 4) is 0 Å². The molecule has 0 spiro atoms. The highest BCUT2D eigenvalue weighted by Gasteiger charge is 2.08. The van der Waals surface area contributed by atoms with Crippen molar-refractivity contribution in [2.45, 2.75) is 0 Å². The standard InChI is InChI=1S/C7H10N2O3/c1-3-4-12-6(10)5(2)9-7(8)11/h3H,1-2,4H2,(H3,8,9,11). The highest BCUT2D eigenvalue weighted by atomic mass is 16.5. The summed E-state index contributed by atoms with van der Waals surface area (Å²) in [6.45, 7) is 6.63. The van der Waals surface area contributed by atoms with Gasteiger partial charge in [0, 0.05) is 0 Å². The molecule has 0 aliphatic rings. The Morgan fingerprint density at radius 1 is 1.58 bits per heavy atom. The lowest BCUT2D eigenvalue weighted by molar-refractivity contribution is -0.138. The lowest BCUT2D eigenvalue weighted by Crippen LogP contribution is -2.32. The summed E-state index contributed by atoms with van der Waals surface area (Å²) < 4.78 is 4.53. The second kappa shape index (κ2) is 4.95. The van der Waals surface area contributed by atoms with Crippen LogP contribution < -0.4 is 11.1 Å². The van der Waals surface area contributed by atoms with Crippen LogP contribution in [0, 0.1) is 0 Å². The molecule has 5 heteroatoms. The molecule has 0 aromatic rings. The normalized spacial score (nSPS) is 8.33. The van der Waals surface area contributed by atoms with Gasteiger partial charge in [-0.3, -0.25) is 0 Å². The summed E-state index contributed by atoms with van der Waals surface area (Å²) >= 11 is 0. The summed E-state index contributed by atoms with van der Waals surface area (Å²) in [7, 11) is 0. The lowest BCUT2D eigenvalue weighted by Gasteiger charge is -2.03. The van der Waals surface area contributed by atoms with E-state index in [1.165, 1.54) is 6.08 Å². The Morgan fingerprint density at radius 2 is 2.17 bits per heavy atom. The molecule has 0 aromatic heterocycles. The van der Waals surface area contributed by atoms with Crippen LogP contribution in [0.15, 0.2) is 24.9 Å². The van der Waals surface area contributed by atoms with Gasteiger partial charge < -0.3 is 15.8 Å². The van der Waals surface area contributed by atoms with Crippen LogP contribution >= 0.6 is 0 Å². The molecule has 0 aromatic carbocycles. The van der Waals surface area contributed by atoms with E-state index in [2.05, 4.69) is 17.9 Å². The highest BCUT2D eigenvalue weighted by molar-refractivity contribution is 5.92. The van der Waals surface area contributed by atoms with Crippen molar-refractivity contribution in [1.29, 1.82) is 0 Å². The Labute approximate surface area is 69.9 Å². The van der Waals surface area contributed by atoms with E-state index < -0.39 is 12.0 Å². The van der Waals surface area contributed by atoms with E-state index in [4.69, 9.17) is 5.73 Å². The second-order valence-electron chi connectivity index (χ2n) is 1.85. The van der Waals surface area contributed by atoms with Gasteiger partial charge in [0.1, 0.15) is 12.3 Å². The Hall–Kier alpha value is -1.78. The summed E-state index contributed by atoms with van der Waals surface area (Å²) in [6.07, 6.45) is 1.40. The van der Waals surface area contributed by atoms with Crippen molar-refractivity contribution in [3.63, 3.8) is 0 Å². The molecular formula is C7H10N2O3. The number of hydrogen-bond donors (Lipinski definition) is 2. The third kappa shape index (κ3) is 4.10. The van der Waals surface area contributed by atoms with Crippen LogP contribution in [-0.4, -0.2) is 18.6 Å². The first-order chi connectivity index (χ1) is 5.57. The number of amides is 2. The first kappa shape index (κ1) is 10.2. The van der Waals surface area contributed by atoms with Crippen LogP contribution in [0.2, 0.25) is 0 Å². The fourth-order valence-electron chi connectivity index (χ4n) is 0.421. The molecule has 0 bridgehead atoms. The second-order valence-corrected chi connectivity index (χ2v) is 1.85. The van der Waals surface area contributed by atoms with Crippen LogP contribution in [0.1, 0.15) is 0 Å². The van der Waals surface area contributed by atoms with E-state index in [1.807, 2.05) is 5.32 Å². The van der Waals surface area contributed by atoms with Crippen molar-refractivity contribution >= 4 is 12.0 Å². The van der Waals surface area contributed by atoms with Crippen LogP contribution in [0.5, 0.6) is 0 Å². The Bertz CT molecular complexity index is 223. The van der Waals surface area contributed by atoms with Crippen molar-refractivity contribution in [2.75, 3.05) is 6.61 Å². The van der Waals surface area contributed by atoms with Crippen LogP contribution in [0.25, 0.3) is 0 Å². The minimum atomic E-state index is -0.851. The molecule has 12 heavy (non-hydrogen) atoms. The molecule has 0 aliphatic carbocycles. The zero-order valence-electron chi connectivity index (χ0n) is 6.50. The fourth-order valence-corrected chi connectivity index (χ4v) is 0.421. The van der Waals surface area contributed by atoms with Gasteiger partial charge in [0.25, 0.3) is 0 Å². The number of esters is 1. The molecule has 0 aliphatic heterocycles. The van der Waals surface area contributed by atoms with Crippen molar-refractivity contribution in [3.05, 3.63) is 24.9 Å². The zero-order valence-corrected chi connectivity index (χ0v) is 6.50. The molecular weight excluding hydrogens is 160 g/mol. The van der Waals surface area contributed by atoms with E-state index in [1.54, 1.807) is 0 Å². The number of hydrogen-bond acceptors (Lipinski definition) is 3. The molecule has 0 fully saturated rings. The number of urea groups is 1. The highest BCUT2D eigenvalue weighted by Crippen LogP contribution is 1.89. The number of nitrogens with two attached hydrogens (primary N) is 1. The smallest absolute Gasteiger partial charge is 0.354 e. The van der Waals surface area contributed by atoms with Crippen molar-refractivity contribution in [2.24, 2.45) is 5.73 Å². The quantitative estimate of drug-likeness (QED) is 0.351. The van der Waals surface area contributed by atoms with E-state index in [9.17, 15) is 9.59 Å². The minimum Gasteiger partial charge on any atom is -0.457 e. The lowest BCUT2D eigenvalue weighted by atomic mass is 10.5. The zero-order chi connectivity index (χ0) is 9.56. The predicted molar refractivity (Wildman–Crippen MR) is 43.0 cm³/mol. The average Bonchev–Trinajstić information content (AvgIpc) is 1.98. The summed E-state index contributed by atoms with van der Waals surface area (Å²) in [4.78, 5) is 21.0. The molecule has 0 saturated heterocycles. The molecule has 5 nitrogen and oxygen atoms in total. The van der Waals surface area contributed by atoms with Crippen LogP contribution in [0.3, 0.4) is 0 Å². The Morgan fingerprint density at radius 3 is 2.58 bits per heavy atom. The Kier molecular flexibility index (Phi) is 4.21. The molecule has 0 unspecified atom stereocenters. The number of ether oxygens (including phenoxy) is 1. The molecule has 2 amide bonds. The summed E-state index contributed by atoms with van der Waals surface area (Å²) in [5.41, 5.74) is 4.53. The Balaban J connectivity index is 3.85. The first-order valence-electron chi connectivity index (χ1n) is 3.11. The van der Waals surface area contributed by atoms with Gasteiger partial charge in [0.05, 0.1) is 0 Å². The number of carbonyl (C=O) groups excluding carboxylic acids is 2. The van der Waals surface area contributed by atoms with Gasteiger partial charge in [0.2, 0.25) is 0 Å². The van der Waals surface area contributed by atoms with Gasteiger partial charge in [-0.25, -0.2) is 9.59 Å².